The minimum absolute atomic E-state index is 0. The summed E-state index contributed by atoms with van der Waals surface area (Å²) in [4.78, 5) is 38.0. The van der Waals surface area contributed by atoms with E-state index in [2.05, 4.69) is 20.1 Å². The number of rotatable bonds is 4. The number of nitrogens with zero attached hydrogens (tertiary/aromatic N) is 5. The van der Waals surface area contributed by atoms with Gasteiger partial charge in [-0.1, -0.05) is 13.8 Å². The summed E-state index contributed by atoms with van der Waals surface area (Å²) in [5.41, 5.74) is 7.42. The predicted octanol–water partition coefficient (Wildman–Crippen LogP) is 0.641. The molecular weight excluding hydrogens is 370 g/mol. The van der Waals surface area contributed by atoms with Crippen molar-refractivity contribution in [2.24, 2.45) is 11.7 Å². The zero-order chi connectivity index (χ0) is 19.0. The molecule has 0 spiro atoms. The molecule has 2 aromatic rings. The molecule has 1 amide bonds. The number of amides is 1. The van der Waals surface area contributed by atoms with Crippen molar-refractivity contribution in [1.29, 1.82) is 0 Å². The fraction of sp³-hybridized carbons (Fsp3) is 0.588. The van der Waals surface area contributed by atoms with Crippen LogP contribution in [-0.4, -0.2) is 42.1 Å². The number of carbonyl (C=O) groups is 1. The number of nitrogens with two attached hydrogens (primary N) is 1. The summed E-state index contributed by atoms with van der Waals surface area (Å²) < 4.78 is 1.59. The summed E-state index contributed by atoms with van der Waals surface area (Å²) in [5, 5.41) is 4.33. The first-order valence-corrected chi connectivity index (χ1v) is 8.79. The molecule has 27 heavy (non-hydrogen) atoms. The lowest BCUT2D eigenvalue weighted by Gasteiger charge is -2.28. The van der Waals surface area contributed by atoms with Gasteiger partial charge in [0.05, 0.1) is 18.3 Å². The molecule has 0 unspecified atom stereocenters. The highest BCUT2D eigenvalue weighted by molar-refractivity contribution is 5.85. The van der Waals surface area contributed by atoms with Gasteiger partial charge in [-0.05, 0) is 26.2 Å². The van der Waals surface area contributed by atoms with Crippen LogP contribution in [0.1, 0.15) is 48.6 Å². The zero-order valence-electron chi connectivity index (χ0n) is 16.0. The van der Waals surface area contributed by atoms with E-state index in [1.54, 1.807) is 23.4 Å². The molecule has 0 saturated heterocycles. The molecular formula is C17H26ClN7O2. The van der Waals surface area contributed by atoms with E-state index in [0.717, 1.165) is 0 Å². The van der Waals surface area contributed by atoms with Gasteiger partial charge in [0.2, 0.25) is 5.91 Å². The largest absolute Gasteiger partial charge is 0.335 e. The number of H-pyrrole nitrogens is 1. The molecule has 1 aliphatic rings. The van der Waals surface area contributed by atoms with Crippen molar-refractivity contribution < 1.29 is 4.79 Å². The van der Waals surface area contributed by atoms with E-state index in [-0.39, 0.29) is 42.4 Å². The van der Waals surface area contributed by atoms with E-state index in [1.165, 1.54) is 0 Å². The minimum atomic E-state index is -0.283. The molecule has 0 saturated carbocycles. The fourth-order valence-corrected chi connectivity index (χ4v) is 3.14. The van der Waals surface area contributed by atoms with Gasteiger partial charge in [0.15, 0.2) is 0 Å². The quantitative estimate of drug-likeness (QED) is 0.783. The third-order valence-electron chi connectivity index (χ3n) is 4.65. The number of hydrogen-bond acceptors (Lipinski definition) is 6. The van der Waals surface area contributed by atoms with Crippen LogP contribution in [0.2, 0.25) is 0 Å². The lowest BCUT2D eigenvalue weighted by Crippen LogP contribution is -2.41. The molecule has 3 N–H and O–H groups in total. The van der Waals surface area contributed by atoms with Gasteiger partial charge in [0, 0.05) is 12.1 Å². The Morgan fingerprint density at radius 2 is 2.00 bits per heavy atom. The molecule has 1 atom stereocenters. The average molecular weight is 396 g/mol. The van der Waals surface area contributed by atoms with Crippen LogP contribution in [0.4, 0.5) is 0 Å². The van der Waals surface area contributed by atoms with Crippen molar-refractivity contribution >= 4 is 18.3 Å². The summed E-state index contributed by atoms with van der Waals surface area (Å²) >= 11 is 0. The Morgan fingerprint density at radius 1 is 1.30 bits per heavy atom. The van der Waals surface area contributed by atoms with Crippen molar-refractivity contribution in [3.05, 3.63) is 39.1 Å². The van der Waals surface area contributed by atoms with Gasteiger partial charge in [-0.25, -0.2) is 14.6 Å². The van der Waals surface area contributed by atoms with E-state index in [0.29, 0.717) is 48.2 Å². The number of aromatic amines is 1. The number of aromatic nitrogens is 5. The SMILES string of the molecule is Cc1nc([C@@H](N)C(C)C)n(CC(=O)N2CCc3c(nc(C)[nH]c3=O)C2)n1.Cl. The molecule has 0 fully saturated rings. The number of carbonyl (C=O) groups excluding carboxylic acids is 1. The third-order valence-corrected chi connectivity index (χ3v) is 4.65. The molecule has 2 aromatic heterocycles. The maximum atomic E-state index is 12.8. The predicted molar refractivity (Wildman–Crippen MR) is 102 cm³/mol. The first-order chi connectivity index (χ1) is 12.3. The van der Waals surface area contributed by atoms with Crippen molar-refractivity contribution in [2.45, 2.75) is 53.2 Å². The monoisotopic (exact) mass is 395 g/mol. The molecule has 3 heterocycles. The Labute approximate surface area is 163 Å². The number of halogens is 1. The lowest BCUT2D eigenvalue weighted by molar-refractivity contribution is -0.133. The van der Waals surface area contributed by atoms with Gasteiger partial charge in [0.1, 0.15) is 24.0 Å². The Balaban J connectivity index is 0.00000261. The Morgan fingerprint density at radius 3 is 2.67 bits per heavy atom. The number of hydrogen-bond donors (Lipinski definition) is 2. The van der Waals surface area contributed by atoms with Crippen molar-refractivity contribution in [1.82, 2.24) is 29.6 Å². The van der Waals surface area contributed by atoms with E-state index in [4.69, 9.17) is 5.73 Å². The second kappa shape index (κ2) is 8.18. The van der Waals surface area contributed by atoms with Gasteiger partial charge in [-0.3, -0.25) is 9.59 Å². The molecule has 9 nitrogen and oxygen atoms in total. The Kier molecular flexibility index (Phi) is 6.38. The molecule has 3 rings (SSSR count). The summed E-state index contributed by atoms with van der Waals surface area (Å²) in [6.45, 7) is 8.43. The van der Waals surface area contributed by atoms with Crippen molar-refractivity contribution in [3.63, 3.8) is 0 Å². The number of fused-ring (bicyclic) bond motifs is 1. The van der Waals surface area contributed by atoms with Gasteiger partial charge < -0.3 is 15.6 Å². The normalized spacial score (nSPS) is 14.7. The van der Waals surface area contributed by atoms with Crippen LogP contribution >= 0.6 is 12.4 Å². The highest BCUT2D eigenvalue weighted by atomic mass is 35.5. The fourth-order valence-electron chi connectivity index (χ4n) is 3.14. The third kappa shape index (κ3) is 4.36. The van der Waals surface area contributed by atoms with Gasteiger partial charge in [-0.2, -0.15) is 5.10 Å². The summed E-state index contributed by atoms with van der Waals surface area (Å²) in [6.07, 6.45) is 0.498. The smallest absolute Gasteiger partial charge is 0.254 e. The van der Waals surface area contributed by atoms with Crippen LogP contribution < -0.4 is 11.3 Å². The molecule has 1 aliphatic heterocycles. The second-order valence-electron chi connectivity index (χ2n) is 7.09. The topological polar surface area (TPSA) is 123 Å². The van der Waals surface area contributed by atoms with E-state index >= 15 is 0 Å². The van der Waals surface area contributed by atoms with Crippen LogP contribution in [-0.2, 0) is 24.3 Å². The second-order valence-corrected chi connectivity index (χ2v) is 7.09. The van der Waals surface area contributed by atoms with Crippen LogP contribution in [0.3, 0.4) is 0 Å². The van der Waals surface area contributed by atoms with E-state index in [9.17, 15) is 9.59 Å². The summed E-state index contributed by atoms with van der Waals surface area (Å²) in [7, 11) is 0. The maximum absolute atomic E-state index is 12.8. The van der Waals surface area contributed by atoms with Crippen LogP contribution in [0.15, 0.2) is 4.79 Å². The standard InChI is InChI=1S/C17H25N7O2.ClH/c1-9(2)15(18)16-20-11(4)22-24(16)8-14(25)23-6-5-12-13(7-23)19-10(3)21-17(12)26;/h9,15H,5-8,18H2,1-4H3,(H,19,21,26);1H/t15-;/m0./s1. The van der Waals surface area contributed by atoms with Crippen LogP contribution in [0.25, 0.3) is 0 Å². The molecule has 10 heteroatoms. The number of nitrogens with one attached hydrogen (secondary N) is 1. The zero-order valence-corrected chi connectivity index (χ0v) is 16.8. The molecule has 0 aliphatic carbocycles. The summed E-state index contributed by atoms with van der Waals surface area (Å²) in [5.74, 6) is 1.87. The highest BCUT2D eigenvalue weighted by Gasteiger charge is 2.26. The van der Waals surface area contributed by atoms with Gasteiger partial charge in [-0.15, -0.1) is 12.4 Å². The van der Waals surface area contributed by atoms with Crippen LogP contribution in [0.5, 0.6) is 0 Å². The van der Waals surface area contributed by atoms with E-state index in [1.807, 2.05) is 13.8 Å². The Hall–Kier alpha value is -2.26. The maximum Gasteiger partial charge on any atom is 0.254 e. The number of aryl methyl sites for hydroxylation is 2. The first kappa shape index (κ1) is 21.0. The first-order valence-electron chi connectivity index (χ1n) is 8.79. The molecule has 0 aromatic carbocycles. The molecule has 0 bridgehead atoms. The Bertz CT molecular complexity index is 890. The highest BCUT2D eigenvalue weighted by Crippen LogP contribution is 2.18. The molecule has 0 radical (unpaired) electrons. The summed E-state index contributed by atoms with van der Waals surface area (Å²) in [6, 6.07) is -0.283. The average Bonchev–Trinajstić information content (AvgIpc) is 2.93. The van der Waals surface area contributed by atoms with Crippen LogP contribution in [0, 0.1) is 19.8 Å². The van der Waals surface area contributed by atoms with Gasteiger partial charge in [0.25, 0.3) is 5.56 Å². The van der Waals surface area contributed by atoms with Crippen molar-refractivity contribution in [2.75, 3.05) is 6.54 Å². The minimum Gasteiger partial charge on any atom is -0.335 e. The lowest BCUT2D eigenvalue weighted by atomic mass is 10.0. The van der Waals surface area contributed by atoms with Crippen molar-refractivity contribution in [3.8, 4) is 0 Å². The van der Waals surface area contributed by atoms with Gasteiger partial charge >= 0.3 is 0 Å². The molecule has 148 valence electrons. The van der Waals surface area contributed by atoms with E-state index < -0.39 is 0 Å².